The Morgan fingerprint density at radius 1 is 1.04 bits per heavy atom. The number of hydrogen-bond acceptors (Lipinski definition) is 10. The molecule has 3 saturated heterocycles. The number of imidazole rings is 1. The summed E-state index contributed by atoms with van der Waals surface area (Å²) in [6.07, 6.45) is 4.47. The molecule has 3 aliphatic heterocycles. The van der Waals surface area contributed by atoms with Crippen LogP contribution in [0.3, 0.4) is 0 Å². The molecule has 7 rings (SSSR count). The summed E-state index contributed by atoms with van der Waals surface area (Å²) in [6, 6.07) is 18.4. The van der Waals surface area contributed by atoms with Crippen LogP contribution in [0.1, 0.15) is 39.7 Å². The molecule has 1 amide bonds. The van der Waals surface area contributed by atoms with Crippen LogP contribution in [0.2, 0.25) is 0 Å². The van der Waals surface area contributed by atoms with E-state index in [4.69, 9.17) is 15.2 Å². The topological polar surface area (TPSA) is 148 Å². The Kier molecular flexibility index (Phi) is 8.94. The van der Waals surface area contributed by atoms with Gasteiger partial charge in [0.05, 0.1) is 30.5 Å². The van der Waals surface area contributed by atoms with Crippen LogP contribution in [0.25, 0.3) is 16.9 Å². The molecule has 50 heavy (non-hydrogen) atoms. The van der Waals surface area contributed by atoms with Crippen molar-refractivity contribution < 1.29 is 14.3 Å². The number of hydrogen-bond donors (Lipinski definition) is 1. The fourth-order valence-electron chi connectivity index (χ4n) is 7.43. The van der Waals surface area contributed by atoms with Crippen LogP contribution in [-0.2, 0) is 9.53 Å². The highest BCUT2D eigenvalue weighted by molar-refractivity contribution is 5.97. The summed E-state index contributed by atoms with van der Waals surface area (Å²) >= 11 is 0. The maximum Gasteiger partial charge on any atom is 0.335 e. The first-order valence-corrected chi connectivity index (χ1v) is 17.1. The van der Waals surface area contributed by atoms with Crippen molar-refractivity contribution in [2.75, 3.05) is 58.2 Å². The molecule has 260 valence electrons. The second kappa shape index (κ2) is 13.4. The molecule has 5 heterocycles. The van der Waals surface area contributed by atoms with Gasteiger partial charge >= 0.3 is 5.69 Å². The van der Waals surface area contributed by atoms with Crippen molar-refractivity contribution in [1.82, 2.24) is 33.8 Å². The Hall–Kier alpha value is -5.03. The van der Waals surface area contributed by atoms with Crippen molar-refractivity contribution in [3.63, 3.8) is 0 Å². The van der Waals surface area contributed by atoms with Gasteiger partial charge in [0, 0.05) is 44.8 Å². The van der Waals surface area contributed by atoms with E-state index in [1.54, 1.807) is 39.8 Å². The van der Waals surface area contributed by atoms with Crippen molar-refractivity contribution in [2.24, 2.45) is 0 Å². The fourth-order valence-corrected chi connectivity index (χ4v) is 7.43. The third kappa shape index (κ3) is 6.26. The van der Waals surface area contributed by atoms with Gasteiger partial charge in [-0.15, -0.1) is 0 Å². The van der Waals surface area contributed by atoms with E-state index in [-0.39, 0.29) is 41.1 Å². The van der Waals surface area contributed by atoms with Gasteiger partial charge in [-0.2, -0.15) is 5.26 Å². The minimum Gasteiger partial charge on any atom is -0.457 e. The Balaban J connectivity index is 1.12. The number of nitriles is 1. The van der Waals surface area contributed by atoms with E-state index < -0.39 is 5.54 Å². The summed E-state index contributed by atoms with van der Waals surface area (Å²) in [5, 5.41) is 10.2. The number of likely N-dealkylation sites (tertiary alicyclic amines) is 1. The molecule has 0 aliphatic carbocycles. The highest BCUT2D eigenvalue weighted by Gasteiger charge is 2.42. The Labute approximate surface area is 291 Å². The Morgan fingerprint density at radius 3 is 2.40 bits per heavy atom. The van der Waals surface area contributed by atoms with E-state index in [2.05, 4.69) is 46.6 Å². The van der Waals surface area contributed by atoms with Crippen molar-refractivity contribution in [3.05, 3.63) is 83.1 Å². The van der Waals surface area contributed by atoms with E-state index >= 15 is 0 Å². The van der Waals surface area contributed by atoms with Gasteiger partial charge in [0.2, 0.25) is 0 Å². The number of ether oxygens (including phenoxy) is 2. The maximum atomic E-state index is 14.2. The van der Waals surface area contributed by atoms with Crippen LogP contribution in [0.4, 0.5) is 5.82 Å². The van der Waals surface area contributed by atoms with Gasteiger partial charge in [-0.3, -0.25) is 23.7 Å². The average Bonchev–Trinajstić information content (AvgIpc) is 3.42. The quantitative estimate of drug-likeness (QED) is 0.216. The number of rotatable bonds is 8. The number of para-hydroxylation sites is 1. The molecule has 0 bridgehead atoms. The minimum absolute atomic E-state index is 0.0960. The summed E-state index contributed by atoms with van der Waals surface area (Å²) in [5.74, 6) is 1.16. The zero-order valence-corrected chi connectivity index (χ0v) is 28.8. The first kappa shape index (κ1) is 33.5. The van der Waals surface area contributed by atoms with Crippen molar-refractivity contribution >= 4 is 22.9 Å². The van der Waals surface area contributed by atoms with E-state index in [0.29, 0.717) is 47.7 Å². The predicted octanol–water partition coefficient (Wildman–Crippen LogP) is 3.76. The first-order valence-electron chi connectivity index (χ1n) is 17.1. The second-order valence-electron chi connectivity index (χ2n) is 14.2. The third-order valence-electron chi connectivity index (χ3n) is 10.3. The third-order valence-corrected chi connectivity index (χ3v) is 10.3. The molecule has 13 heteroatoms. The number of fused-ring (bicyclic) bond motifs is 1. The van der Waals surface area contributed by atoms with Crippen LogP contribution in [0.15, 0.2) is 77.4 Å². The zero-order valence-electron chi connectivity index (χ0n) is 28.8. The average molecular weight is 678 g/mol. The molecule has 2 N–H and O–H groups in total. The van der Waals surface area contributed by atoms with E-state index in [1.807, 2.05) is 30.3 Å². The van der Waals surface area contributed by atoms with Crippen molar-refractivity contribution in [2.45, 2.75) is 50.7 Å². The summed E-state index contributed by atoms with van der Waals surface area (Å²) in [6.45, 7) is 12.1. The molecule has 2 aromatic heterocycles. The van der Waals surface area contributed by atoms with Crippen molar-refractivity contribution in [1.29, 1.82) is 5.26 Å². The molecule has 3 aliphatic rings. The number of benzene rings is 2. The summed E-state index contributed by atoms with van der Waals surface area (Å²) in [7, 11) is 0. The molecular formula is C37H43N9O4. The zero-order chi connectivity index (χ0) is 35.0. The van der Waals surface area contributed by atoms with E-state index in [9.17, 15) is 14.9 Å². The fraction of sp³-hybridized carbons (Fsp3) is 0.432. The molecule has 0 saturated carbocycles. The number of piperidine rings is 1. The number of carbonyl (C=O) groups is 1. The van der Waals surface area contributed by atoms with Gasteiger partial charge in [-0.25, -0.2) is 14.8 Å². The lowest BCUT2D eigenvalue weighted by Gasteiger charge is -2.52. The molecule has 0 unspecified atom stereocenters. The summed E-state index contributed by atoms with van der Waals surface area (Å²) in [5.41, 5.74) is 7.11. The van der Waals surface area contributed by atoms with Crippen LogP contribution < -0.4 is 16.2 Å². The lowest BCUT2D eigenvalue weighted by Crippen LogP contribution is -2.66. The summed E-state index contributed by atoms with van der Waals surface area (Å²) in [4.78, 5) is 43.3. The number of nitrogens with two attached hydrogens (primary N) is 1. The molecule has 13 nitrogen and oxygen atoms in total. The number of nitrogen functional groups attached to an aromatic ring is 1. The largest absolute Gasteiger partial charge is 0.457 e. The van der Waals surface area contributed by atoms with Gasteiger partial charge in [0.25, 0.3) is 5.91 Å². The number of nitrogens with zero attached hydrogens (tertiary/aromatic N) is 8. The molecule has 0 spiro atoms. The highest BCUT2D eigenvalue weighted by Crippen LogP contribution is 2.31. The van der Waals surface area contributed by atoms with Crippen LogP contribution in [0, 0.1) is 11.3 Å². The second-order valence-corrected chi connectivity index (χ2v) is 14.2. The summed E-state index contributed by atoms with van der Waals surface area (Å²) < 4.78 is 14.5. The van der Waals surface area contributed by atoms with Gasteiger partial charge in [-0.1, -0.05) is 18.2 Å². The number of piperazine rings is 1. The molecular weight excluding hydrogens is 634 g/mol. The number of amides is 1. The van der Waals surface area contributed by atoms with E-state index in [0.717, 1.165) is 39.4 Å². The number of carbonyl (C=O) groups excluding carboxylic acids is 1. The maximum absolute atomic E-state index is 14.2. The predicted molar refractivity (Wildman–Crippen MR) is 189 cm³/mol. The molecule has 0 radical (unpaired) electrons. The molecule has 4 aromatic rings. The van der Waals surface area contributed by atoms with Crippen LogP contribution >= 0.6 is 0 Å². The number of aromatic nitrogens is 4. The normalized spacial score (nSPS) is 20.3. The number of anilines is 1. The van der Waals surface area contributed by atoms with Gasteiger partial charge in [0.1, 0.15) is 35.0 Å². The van der Waals surface area contributed by atoms with Crippen LogP contribution in [0.5, 0.6) is 11.5 Å². The standard InChI is InChI=1S/C37H43N9O4/c1-36(2,43-16-18-44(19-17-43)37(3)23-49-24-37)20-26(21-38)34(47)42-15-7-8-28(22-42)46-33-31(32(39)40-25-41-33)45(35(46)48)27-11-13-30(14-12-27)50-29-9-5-4-6-10-29/h4-6,9-14,20,25,28H,7-8,15-19,22-24H2,1-3H3,(H2,39,40,41)/t28-/m1/s1. The lowest BCUT2D eigenvalue weighted by atomic mass is 9.94. The smallest absolute Gasteiger partial charge is 0.335 e. The van der Waals surface area contributed by atoms with Gasteiger partial charge in [0.15, 0.2) is 11.5 Å². The van der Waals surface area contributed by atoms with Crippen molar-refractivity contribution in [3.8, 4) is 23.3 Å². The molecule has 1 atom stereocenters. The lowest BCUT2D eigenvalue weighted by molar-refractivity contribution is -0.142. The van der Waals surface area contributed by atoms with Gasteiger partial charge < -0.3 is 20.1 Å². The SMILES string of the molecule is CC(C)(C=C(C#N)C(=O)N1CCC[C@@H](n2c(=O)n(-c3ccc(Oc4ccccc4)cc3)c3c(N)ncnc32)C1)N1CCN(C2(C)COC2)CC1. The van der Waals surface area contributed by atoms with E-state index in [1.165, 1.54) is 10.9 Å². The van der Waals surface area contributed by atoms with Gasteiger partial charge in [-0.05, 0) is 76.1 Å². The monoisotopic (exact) mass is 677 g/mol. The highest BCUT2D eigenvalue weighted by atomic mass is 16.5. The minimum atomic E-state index is -0.500. The Bertz CT molecular complexity index is 2000. The Morgan fingerprint density at radius 2 is 1.74 bits per heavy atom. The first-order chi connectivity index (χ1) is 24.1. The molecule has 2 aromatic carbocycles. The van der Waals surface area contributed by atoms with Crippen LogP contribution in [-0.4, -0.2) is 103 Å². The molecule has 3 fully saturated rings.